The van der Waals surface area contributed by atoms with Gasteiger partial charge in [0.05, 0.1) is 19.2 Å². The van der Waals surface area contributed by atoms with Gasteiger partial charge in [0, 0.05) is 17.7 Å². The van der Waals surface area contributed by atoms with Crippen molar-refractivity contribution in [3.05, 3.63) is 29.6 Å². The van der Waals surface area contributed by atoms with E-state index in [9.17, 15) is 9.59 Å². The largest absolute Gasteiger partial charge is 0.481 e. The smallest absolute Gasteiger partial charge is 0.384 e. The molecule has 0 fully saturated rings. The number of rotatable bonds is 2. The van der Waals surface area contributed by atoms with E-state index in [4.69, 9.17) is 5.11 Å². The van der Waals surface area contributed by atoms with Crippen LogP contribution < -0.4 is 0 Å². The lowest BCUT2D eigenvalue weighted by molar-refractivity contribution is -0.136. The van der Waals surface area contributed by atoms with Gasteiger partial charge >= 0.3 is 11.9 Å². The molecule has 1 heterocycles. The van der Waals surface area contributed by atoms with Gasteiger partial charge in [0.15, 0.2) is 0 Å². The van der Waals surface area contributed by atoms with Crippen LogP contribution >= 0.6 is 0 Å². The van der Waals surface area contributed by atoms with Crippen molar-refractivity contribution in [1.82, 2.24) is 4.98 Å². The van der Waals surface area contributed by atoms with Crippen LogP contribution in [0, 0.1) is 11.8 Å². The SMILES string of the molecule is COC(=O)C#Cc1ccc(CC(=O)O)nc1. The maximum Gasteiger partial charge on any atom is 0.384 e. The Labute approximate surface area is 92.1 Å². The first-order chi connectivity index (χ1) is 7.61. The number of methoxy groups -OCH3 is 1. The molecule has 1 aromatic heterocycles. The summed E-state index contributed by atoms with van der Waals surface area (Å²) < 4.78 is 4.34. The minimum absolute atomic E-state index is 0.134. The number of carboxylic acid groups (broad SMARTS) is 1. The van der Waals surface area contributed by atoms with E-state index in [0.717, 1.165) is 0 Å². The highest BCUT2D eigenvalue weighted by Crippen LogP contribution is 1.99. The summed E-state index contributed by atoms with van der Waals surface area (Å²) in [6.45, 7) is 0. The Morgan fingerprint density at radius 1 is 1.50 bits per heavy atom. The van der Waals surface area contributed by atoms with Crippen LogP contribution in [0.2, 0.25) is 0 Å². The predicted molar refractivity (Wildman–Crippen MR) is 54.5 cm³/mol. The number of ether oxygens (including phenoxy) is 1. The normalized spacial score (nSPS) is 8.81. The van der Waals surface area contributed by atoms with Crippen LogP contribution in [-0.4, -0.2) is 29.1 Å². The second-order valence-electron chi connectivity index (χ2n) is 2.85. The lowest BCUT2D eigenvalue weighted by Gasteiger charge is -1.95. The maximum absolute atomic E-state index is 10.7. The number of nitrogens with zero attached hydrogens (tertiary/aromatic N) is 1. The molecule has 82 valence electrons. The molecule has 0 aliphatic carbocycles. The molecule has 0 aliphatic rings. The highest BCUT2D eigenvalue weighted by molar-refractivity contribution is 5.88. The molecule has 0 amide bonds. The highest BCUT2D eigenvalue weighted by Gasteiger charge is 2.00. The fourth-order valence-electron chi connectivity index (χ4n) is 0.932. The summed E-state index contributed by atoms with van der Waals surface area (Å²) in [4.78, 5) is 25.0. The first kappa shape index (κ1) is 11.7. The van der Waals surface area contributed by atoms with Crippen LogP contribution in [0.15, 0.2) is 18.3 Å². The molecule has 0 saturated carbocycles. The molecule has 0 saturated heterocycles. The number of carbonyl (C=O) groups is 2. The van der Waals surface area contributed by atoms with Crippen LogP contribution in [0.1, 0.15) is 11.3 Å². The summed E-state index contributed by atoms with van der Waals surface area (Å²) in [5, 5.41) is 8.52. The van der Waals surface area contributed by atoms with Gasteiger partial charge in [-0.25, -0.2) is 4.79 Å². The van der Waals surface area contributed by atoms with Gasteiger partial charge in [-0.15, -0.1) is 0 Å². The molecule has 0 atom stereocenters. The number of hydrogen-bond acceptors (Lipinski definition) is 4. The van der Waals surface area contributed by atoms with Gasteiger partial charge in [0.25, 0.3) is 0 Å². The third-order valence-corrected chi connectivity index (χ3v) is 1.65. The second-order valence-corrected chi connectivity index (χ2v) is 2.85. The monoisotopic (exact) mass is 219 g/mol. The Balaban J connectivity index is 2.74. The van der Waals surface area contributed by atoms with Crippen LogP contribution in [-0.2, 0) is 20.7 Å². The molecule has 16 heavy (non-hydrogen) atoms. The summed E-state index contributed by atoms with van der Waals surface area (Å²) in [6.07, 6.45) is 1.28. The fourth-order valence-corrected chi connectivity index (χ4v) is 0.932. The molecule has 0 unspecified atom stereocenters. The van der Waals surface area contributed by atoms with Crippen LogP contribution in [0.4, 0.5) is 0 Å². The van der Waals surface area contributed by atoms with Crippen molar-refractivity contribution < 1.29 is 19.4 Å². The topological polar surface area (TPSA) is 76.5 Å². The van der Waals surface area contributed by atoms with Gasteiger partial charge in [-0.1, -0.05) is 5.92 Å². The van der Waals surface area contributed by atoms with E-state index in [1.807, 2.05) is 0 Å². The van der Waals surface area contributed by atoms with Crippen LogP contribution in [0.3, 0.4) is 0 Å². The van der Waals surface area contributed by atoms with E-state index in [1.54, 1.807) is 12.1 Å². The molecular weight excluding hydrogens is 210 g/mol. The Hall–Kier alpha value is -2.35. The van der Waals surface area contributed by atoms with Gasteiger partial charge in [-0.05, 0) is 12.1 Å². The van der Waals surface area contributed by atoms with Crippen molar-refractivity contribution in [3.63, 3.8) is 0 Å². The van der Waals surface area contributed by atoms with Crippen LogP contribution in [0.5, 0.6) is 0 Å². The lowest BCUT2D eigenvalue weighted by Crippen LogP contribution is -2.02. The van der Waals surface area contributed by atoms with E-state index in [-0.39, 0.29) is 6.42 Å². The van der Waals surface area contributed by atoms with Gasteiger partial charge in [-0.3, -0.25) is 9.78 Å². The molecule has 0 aliphatic heterocycles. The summed E-state index contributed by atoms with van der Waals surface area (Å²) in [5.74, 6) is 3.21. The number of aliphatic carboxylic acids is 1. The van der Waals surface area contributed by atoms with Crippen molar-refractivity contribution in [3.8, 4) is 11.8 Å². The van der Waals surface area contributed by atoms with Crippen molar-refractivity contribution in [2.45, 2.75) is 6.42 Å². The zero-order chi connectivity index (χ0) is 12.0. The Morgan fingerprint density at radius 3 is 2.75 bits per heavy atom. The first-order valence-electron chi connectivity index (χ1n) is 4.38. The summed E-state index contributed by atoms with van der Waals surface area (Å²) >= 11 is 0. The Morgan fingerprint density at radius 2 is 2.25 bits per heavy atom. The zero-order valence-corrected chi connectivity index (χ0v) is 8.56. The number of aromatic nitrogens is 1. The van der Waals surface area contributed by atoms with Crippen molar-refractivity contribution in [1.29, 1.82) is 0 Å². The molecule has 1 rings (SSSR count). The van der Waals surface area contributed by atoms with E-state index in [0.29, 0.717) is 11.3 Å². The quantitative estimate of drug-likeness (QED) is 0.569. The molecule has 1 aromatic rings. The predicted octanol–water partition coefficient (Wildman–Crippen LogP) is 0.233. The molecule has 0 aromatic carbocycles. The zero-order valence-electron chi connectivity index (χ0n) is 8.56. The molecule has 5 heteroatoms. The molecular formula is C11H9NO4. The van der Waals surface area contributed by atoms with Crippen molar-refractivity contribution in [2.24, 2.45) is 0 Å². The lowest BCUT2D eigenvalue weighted by atomic mass is 10.2. The third-order valence-electron chi connectivity index (χ3n) is 1.65. The summed E-state index contributed by atoms with van der Waals surface area (Å²) in [7, 11) is 1.24. The van der Waals surface area contributed by atoms with E-state index in [1.165, 1.54) is 13.3 Å². The number of carboxylic acids is 1. The number of carbonyl (C=O) groups excluding carboxylic acids is 1. The maximum atomic E-state index is 10.7. The number of pyridine rings is 1. The van der Waals surface area contributed by atoms with E-state index >= 15 is 0 Å². The molecule has 1 N–H and O–H groups in total. The standard InChI is InChI=1S/C11H9NO4/c1-16-11(15)5-3-8-2-4-9(12-7-8)6-10(13)14/h2,4,7H,6H2,1H3,(H,13,14). The summed E-state index contributed by atoms with van der Waals surface area (Å²) in [5.41, 5.74) is 0.968. The average molecular weight is 219 g/mol. The third kappa shape index (κ3) is 3.80. The van der Waals surface area contributed by atoms with Gasteiger partial charge in [-0.2, -0.15) is 0 Å². The Kier molecular flexibility index (Phi) is 4.04. The average Bonchev–Trinajstić information content (AvgIpc) is 2.27. The minimum atomic E-state index is -0.944. The van der Waals surface area contributed by atoms with E-state index < -0.39 is 11.9 Å². The highest BCUT2D eigenvalue weighted by atomic mass is 16.5. The fraction of sp³-hybridized carbons (Fsp3) is 0.182. The molecule has 5 nitrogen and oxygen atoms in total. The molecule has 0 bridgehead atoms. The first-order valence-corrected chi connectivity index (χ1v) is 4.38. The second kappa shape index (κ2) is 5.51. The minimum Gasteiger partial charge on any atom is -0.481 e. The van der Waals surface area contributed by atoms with Crippen molar-refractivity contribution >= 4 is 11.9 Å². The molecule has 0 radical (unpaired) electrons. The van der Waals surface area contributed by atoms with Gasteiger partial charge in [0.1, 0.15) is 0 Å². The number of hydrogen-bond donors (Lipinski definition) is 1. The number of esters is 1. The summed E-state index contributed by atoms with van der Waals surface area (Å²) in [6, 6.07) is 3.15. The van der Waals surface area contributed by atoms with Gasteiger partial charge < -0.3 is 9.84 Å². The van der Waals surface area contributed by atoms with Gasteiger partial charge in [0.2, 0.25) is 0 Å². The van der Waals surface area contributed by atoms with Crippen LogP contribution in [0.25, 0.3) is 0 Å². The Bertz CT molecular complexity index is 453. The molecule has 0 spiro atoms. The van der Waals surface area contributed by atoms with Crippen molar-refractivity contribution in [2.75, 3.05) is 7.11 Å². The van der Waals surface area contributed by atoms with E-state index in [2.05, 4.69) is 21.6 Å².